The highest BCUT2D eigenvalue weighted by Crippen LogP contribution is 2.38. The normalized spacial score (nSPS) is 21.2. The van der Waals surface area contributed by atoms with E-state index in [9.17, 15) is 10.2 Å². The van der Waals surface area contributed by atoms with Gasteiger partial charge in [0.1, 0.15) is 23.5 Å². The zero-order valence-electron chi connectivity index (χ0n) is 13.3. The lowest BCUT2D eigenvalue weighted by atomic mass is 9.92. The summed E-state index contributed by atoms with van der Waals surface area (Å²) in [4.78, 5) is 8.56. The molecule has 1 aliphatic carbocycles. The van der Waals surface area contributed by atoms with E-state index in [1.54, 1.807) is 12.1 Å². The molecule has 0 saturated heterocycles. The first-order chi connectivity index (χ1) is 11.6. The number of rotatable bonds is 2. The van der Waals surface area contributed by atoms with Crippen molar-refractivity contribution in [1.29, 1.82) is 0 Å². The standard InChI is InChI=1S/C18H20N4O2/c19-17-16-13(11-5-7-12(23)8-6-11)9-22(18(16)21-10-20-17)14-3-1-2-4-15(14)24/h5-10,14-15,23-24H,1-4H2,(H2,19,20,21). The second kappa shape index (κ2) is 5.79. The van der Waals surface area contributed by atoms with Crippen molar-refractivity contribution in [3.8, 4) is 16.9 Å². The van der Waals surface area contributed by atoms with Crippen LogP contribution < -0.4 is 5.73 Å². The summed E-state index contributed by atoms with van der Waals surface area (Å²) in [5.74, 6) is 0.640. The number of aliphatic hydroxyl groups is 1. The van der Waals surface area contributed by atoms with Crippen LogP contribution in [0.15, 0.2) is 36.8 Å². The van der Waals surface area contributed by atoms with Crippen molar-refractivity contribution < 1.29 is 10.2 Å². The van der Waals surface area contributed by atoms with E-state index in [4.69, 9.17) is 5.73 Å². The van der Waals surface area contributed by atoms with Crippen LogP contribution in [0.2, 0.25) is 0 Å². The molecule has 6 nitrogen and oxygen atoms in total. The molecule has 24 heavy (non-hydrogen) atoms. The van der Waals surface area contributed by atoms with Crippen LogP contribution in [0.5, 0.6) is 5.75 Å². The molecule has 1 aromatic carbocycles. The Balaban J connectivity index is 1.92. The largest absolute Gasteiger partial charge is 0.508 e. The smallest absolute Gasteiger partial charge is 0.146 e. The van der Waals surface area contributed by atoms with Crippen molar-refractivity contribution >= 4 is 16.9 Å². The Hall–Kier alpha value is -2.60. The highest BCUT2D eigenvalue weighted by atomic mass is 16.3. The maximum Gasteiger partial charge on any atom is 0.146 e. The molecular formula is C18H20N4O2. The van der Waals surface area contributed by atoms with Crippen molar-refractivity contribution in [2.24, 2.45) is 0 Å². The van der Waals surface area contributed by atoms with Gasteiger partial charge in [0.05, 0.1) is 17.5 Å². The maximum atomic E-state index is 10.4. The molecular weight excluding hydrogens is 304 g/mol. The number of nitrogens with zero attached hydrogens (tertiary/aromatic N) is 3. The predicted octanol–water partition coefficient (Wildman–Crippen LogP) is 2.86. The summed E-state index contributed by atoms with van der Waals surface area (Å²) < 4.78 is 2.04. The van der Waals surface area contributed by atoms with Crippen LogP contribution in [0.1, 0.15) is 31.7 Å². The van der Waals surface area contributed by atoms with Gasteiger partial charge in [0, 0.05) is 11.8 Å². The van der Waals surface area contributed by atoms with Crippen molar-refractivity contribution in [2.75, 3.05) is 5.73 Å². The minimum absolute atomic E-state index is 0.00131. The molecule has 124 valence electrons. The highest BCUT2D eigenvalue weighted by molar-refractivity contribution is 6.00. The fraction of sp³-hybridized carbons (Fsp3) is 0.333. The van der Waals surface area contributed by atoms with Gasteiger partial charge in [-0.05, 0) is 30.5 Å². The molecule has 1 fully saturated rings. The van der Waals surface area contributed by atoms with Gasteiger partial charge in [-0.1, -0.05) is 25.0 Å². The summed E-state index contributed by atoms with van der Waals surface area (Å²) >= 11 is 0. The molecule has 4 rings (SSSR count). The number of hydrogen-bond acceptors (Lipinski definition) is 5. The monoisotopic (exact) mass is 324 g/mol. The molecule has 0 spiro atoms. The lowest BCUT2D eigenvalue weighted by Gasteiger charge is -2.29. The minimum Gasteiger partial charge on any atom is -0.508 e. The van der Waals surface area contributed by atoms with Gasteiger partial charge in [0.25, 0.3) is 0 Å². The van der Waals surface area contributed by atoms with E-state index in [1.165, 1.54) is 6.33 Å². The molecule has 1 saturated carbocycles. The third-order valence-corrected chi connectivity index (χ3v) is 4.87. The Morgan fingerprint density at radius 2 is 1.83 bits per heavy atom. The van der Waals surface area contributed by atoms with Crippen LogP contribution in [0.4, 0.5) is 5.82 Å². The van der Waals surface area contributed by atoms with Gasteiger partial charge in [-0.15, -0.1) is 0 Å². The van der Waals surface area contributed by atoms with Crippen LogP contribution in [0.25, 0.3) is 22.2 Å². The SMILES string of the molecule is Nc1ncnc2c1c(-c1ccc(O)cc1)cn2C1CCCCC1O. The topological polar surface area (TPSA) is 97.2 Å². The first-order valence-corrected chi connectivity index (χ1v) is 8.23. The molecule has 0 aliphatic heterocycles. The van der Waals surface area contributed by atoms with E-state index in [0.717, 1.165) is 47.8 Å². The Morgan fingerprint density at radius 3 is 2.58 bits per heavy atom. The van der Waals surface area contributed by atoms with Crippen molar-refractivity contribution in [3.05, 3.63) is 36.8 Å². The van der Waals surface area contributed by atoms with E-state index < -0.39 is 0 Å². The Labute approximate surface area is 139 Å². The van der Waals surface area contributed by atoms with E-state index in [-0.39, 0.29) is 17.9 Å². The third kappa shape index (κ3) is 2.39. The Kier molecular flexibility index (Phi) is 3.61. The van der Waals surface area contributed by atoms with Gasteiger partial charge in [0.2, 0.25) is 0 Å². The summed E-state index contributed by atoms with van der Waals surface area (Å²) in [7, 11) is 0. The second-order valence-electron chi connectivity index (χ2n) is 6.37. The van der Waals surface area contributed by atoms with E-state index >= 15 is 0 Å². The molecule has 0 amide bonds. The number of nitrogens with two attached hydrogens (primary N) is 1. The Bertz CT molecular complexity index is 873. The van der Waals surface area contributed by atoms with Gasteiger partial charge in [-0.3, -0.25) is 0 Å². The van der Waals surface area contributed by atoms with Crippen LogP contribution in [-0.4, -0.2) is 30.9 Å². The second-order valence-corrected chi connectivity index (χ2v) is 6.37. The number of hydrogen-bond donors (Lipinski definition) is 3. The molecule has 4 N–H and O–H groups in total. The first kappa shape index (κ1) is 15.0. The van der Waals surface area contributed by atoms with Crippen LogP contribution in [0, 0.1) is 0 Å². The van der Waals surface area contributed by atoms with E-state index in [0.29, 0.717) is 5.82 Å². The maximum absolute atomic E-state index is 10.4. The Morgan fingerprint density at radius 1 is 1.08 bits per heavy atom. The first-order valence-electron chi connectivity index (χ1n) is 8.23. The molecule has 2 atom stereocenters. The fourth-order valence-corrected chi connectivity index (χ4v) is 3.64. The molecule has 2 heterocycles. The number of anilines is 1. The number of aromatic hydroxyl groups is 1. The summed E-state index contributed by atoms with van der Waals surface area (Å²) in [5.41, 5.74) is 8.72. The number of nitrogen functional groups attached to an aromatic ring is 1. The minimum atomic E-state index is -0.377. The van der Waals surface area contributed by atoms with Crippen LogP contribution in [0.3, 0.4) is 0 Å². The number of phenolic OH excluding ortho intramolecular Hbond substituents is 1. The molecule has 1 aliphatic rings. The van der Waals surface area contributed by atoms with Crippen molar-refractivity contribution in [1.82, 2.24) is 14.5 Å². The molecule has 0 bridgehead atoms. The number of aromatic nitrogens is 3. The van der Waals surface area contributed by atoms with E-state index in [2.05, 4.69) is 9.97 Å². The van der Waals surface area contributed by atoms with Gasteiger partial charge in [0.15, 0.2) is 0 Å². The zero-order valence-corrected chi connectivity index (χ0v) is 13.3. The molecule has 3 aromatic rings. The highest BCUT2D eigenvalue weighted by Gasteiger charge is 2.27. The summed E-state index contributed by atoms with van der Waals surface area (Å²) in [6.45, 7) is 0. The van der Waals surface area contributed by atoms with Crippen LogP contribution >= 0.6 is 0 Å². The predicted molar refractivity (Wildman–Crippen MR) is 92.6 cm³/mol. The average molecular weight is 324 g/mol. The number of aliphatic hydroxyl groups excluding tert-OH is 1. The molecule has 2 unspecified atom stereocenters. The zero-order chi connectivity index (χ0) is 16.7. The quantitative estimate of drug-likeness (QED) is 0.673. The van der Waals surface area contributed by atoms with Gasteiger partial charge >= 0.3 is 0 Å². The van der Waals surface area contributed by atoms with Gasteiger partial charge in [-0.2, -0.15) is 0 Å². The molecule has 2 aromatic heterocycles. The molecule has 6 heteroatoms. The van der Waals surface area contributed by atoms with Gasteiger partial charge in [-0.25, -0.2) is 9.97 Å². The number of benzene rings is 1. The van der Waals surface area contributed by atoms with Crippen molar-refractivity contribution in [3.63, 3.8) is 0 Å². The number of fused-ring (bicyclic) bond motifs is 1. The van der Waals surface area contributed by atoms with Gasteiger partial charge < -0.3 is 20.5 Å². The lowest BCUT2D eigenvalue weighted by Crippen LogP contribution is -2.27. The summed E-state index contributed by atoms with van der Waals surface area (Å²) in [6, 6.07) is 6.99. The summed E-state index contributed by atoms with van der Waals surface area (Å²) in [6.07, 6.45) is 6.96. The average Bonchev–Trinajstić information content (AvgIpc) is 2.97. The third-order valence-electron chi connectivity index (χ3n) is 4.87. The van der Waals surface area contributed by atoms with E-state index in [1.807, 2.05) is 22.9 Å². The van der Waals surface area contributed by atoms with Crippen molar-refractivity contribution in [2.45, 2.75) is 37.8 Å². The lowest BCUT2D eigenvalue weighted by molar-refractivity contribution is 0.0773. The molecule has 0 radical (unpaired) electrons. The number of phenols is 1. The van der Waals surface area contributed by atoms with Crippen LogP contribution in [-0.2, 0) is 0 Å². The summed E-state index contributed by atoms with van der Waals surface area (Å²) in [5, 5.41) is 20.8. The fourth-order valence-electron chi connectivity index (χ4n) is 3.64.